The summed E-state index contributed by atoms with van der Waals surface area (Å²) < 4.78 is 7.54. The molecule has 0 bridgehead atoms. The van der Waals surface area contributed by atoms with Gasteiger partial charge in [0.1, 0.15) is 12.1 Å². The number of imidazole rings is 1. The molecule has 0 saturated carbocycles. The standard InChI is InChI=1S/C31H42N6O4/c1-31(2,32)30(40)34-25(21-41-20-23-13-7-5-8-14-23)28(38)35-26-19-37(22-33-26)27(24-15-9-6-10-16-24)29(39)36-17-11-3-4-12-18-36/h5,7-9,13-16,19,22,25,27H,3-4,6,10-12,17-18,20-21,32H2,1-2H3,(H,34,40)(H,35,38). The number of likely N-dealkylation sites (tertiary alicyclic amines) is 1. The quantitative estimate of drug-likeness (QED) is 0.384. The van der Waals surface area contributed by atoms with Gasteiger partial charge in [-0.2, -0.15) is 0 Å². The van der Waals surface area contributed by atoms with E-state index >= 15 is 0 Å². The molecule has 10 heteroatoms. The number of rotatable bonds is 11. The molecule has 1 saturated heterocycles. The maximum atomic E-state index is 13.8. The third-order valence-electron chi connectivity index (χ3n) is 7.25. The minimum Gasteiger partial charge on any atom is -0.374 e. The van der Waals surface area contributed by atoms with E-state index in [1.54, 1.807) is 30.9 Å². The second-order valence-electron chi connectivity index (χ2n) is 11.3. The third kappa shape index (κ3) is 8.61. The monoisotopic (exact) mass is 562 g/mol. The molecule has 0 spiro atoms. The first-order valence-corrected chi connectivity index (χ1v) is 14.4. The smallest absolute Gasteiger partial charge is 0.250 e. The summed E-state index contributed by atoms with van der Waals surface area (Å²) in [7, 11) is 0. The zero-order valence-corrected chi connectivity index (χ0v) is 24.1. The topological polar surface area (TPSA) is 132 Å². The van der Waals surface area contributed by atoms with Crippen molar-refractivity contribution < 1.29 is 19.1 Å². The summed E-state index contributed by atoms with van der Waals surface area (Å²) in [5.74, 6) is -0.665. The Morgan fingerprint density at radius 1 is 1.07 bits per heavy atom. The SMILES string of the molecule is CC(C)(N)C(=O)NC(COCc1ccccc1)C(=O)Nc1cn(C(C(=O)N2CCCCCC2)C2=CCCC=C2)cn1. The van der Waals surface area contributed by atoms with Gasteiger partial charge in [-0.3, -0.25) is 14.4 Å². The molecule has 2 aliphatic rings. The average Bonchev–Trinajstić information content (AvgIpc) is 3.23. The van der Waals surface area contributed by atoms with Crippen LogP contribution < -0.4 is 16.4 Å². The highest BCUT2D eigenvalue weighted by Crippen LogP contribution is 2.27. The number of hydrogen-bond donors (Lipinski definition) is 3. The van der Waals surface area contributed by atoms with E-state index in [-0.39, 0.29) is 24.9 Å². The van der Waals surface area contributed by atoms with Gasteiger partial charge >= 0.3 is 0 Å². The molecule has 1 aromatic heterocycles. The molecule has 1 fully saturated rings. The minimum atomic E-state index is -1.18. The van der Waals surface area contributed by atoms with Crippen molar-refractivity contribution >= 4 is 23.5 Å². The molecule has 3 amide bonds. The van der Waals surface area contributed by atoms with Crippen LogP contribution >= 0.6 is 0 Å². The van der Waals surface area contributed by atoms with E-state index in [2.05, 4.69) is 27.8 Å². The Kier molecular flexibility index (Phi) is 10.5. The summed E-state index contributed by atoms with van der Waals surface area (Å²) >= 11 is 0. The number of anilines is 1. The fraction of sp³-hybridized carbons (Fsp3) is 0.484. The molecule has 4 N–H and O–H groups in total. The zero-order valence-electron chi connectivity index (χ0n) is 24.1. The molecule has 1 aromatic carbocycles. The Morgan fingerprint density at radius 3 is 2.46 bits per heavy atom. The third-order valence-corrected chi connectivity index (χ3v) is 7.25. The van der Waals surface area contributed by atoms with E-state index in [0.29, 0.717) is 0 Å². The second kappa shape index (κ2) is 14.2. The van der Waals surface area contributed by atoms with Crippen LogP contribution in [-0.2, 0) is 25.7 Å². The van der Waals surface area contributed by atoms with Crippen molar-refractivity contribution in [1.29, 1.82) is 0 Å². The summed E-state index contributed by atoms with van der Waals surface area (Å²) in [4.78, 5) is 46.1. The maximum Gasteiger partial charge on any atom is 0.250 e. The lowest BCUT2D eigenvalue weighted by atomic mass is 9.98. The Labute approximate surface area is 242 Å². The lowest BCUT2D eigenvalue weighted by Crippen LogP contribution is -2.56. The Hall–Kier alpha value is -3.76. The van der Waals surface area contributed by atoms with Crippen molar-refractivity contribution in [2.24, 2.45) is 5.73 Å². The highest BCUT2D eigenvalue weighted by atomic mass is 16.5. The number of carbonyl (C=O) groups excluding carboxylic acids is 3. The number of nitrogens with two attached hydrogens (primary N) is 1. The van der Waals surface area contributed by atoms with Crippen LogP contribution in [0.15, 0.2) is 66.7 Å². The molecule has 41 heavy (non-hydrogen) atoms. The van der Waals surface area contributed by atoms with E-state index in [1.807, 2.05) is 41.3 Å². The van der Waals surface area contributed by atoms with Gasteiger partial charge < -0.3 is 30.6 Å². The fourth-order valence-corrected chi connectivity index (χ4v) is 4.89. The van der Waals surface area contributed by atoms with Gasteiger partial charge in [0.25, 0.3) is 5.91 Å². The molecule has 220 valence electrons. The number of amides is 3. The number of carbonyl (C=O) groups is 3. The molecule has 2 atom stereocenters. The summed E-state index contributed by atoms with van der Waals surface area (Å²) in [6, 6.07) is 8.00. The highest BCUT2D eigenvalue weighted by Gasteiger charge is 2.31. The molecule has 1 aliphatic heterocycles. The van der Waals surface area contributed by atoms with Gasteiger partial charge in [0.15, 0.2) is 5.82 Å². The van der Waals surface area contributed by atoms with Gasteiger partial charge in [-0.25, -0.2) is 4.98 Å². The van der Waals surface area contributed by atoms with E-state index in [4.69, 9.17) is 10.5 Å². The molecule has 2 heterocycles. The van der Waals surface area contributed by atoms with Crippen molar-refractivity contribution in [2.75, 3.05) is 25.0 Å². The Bertz CT molecular complexity index is 1240. The van der Waals surface area contributed by atoms with Crippen LogP contribution in [0.2, 0.25) is 0 Å². The first kappa shape index (κ1) is 30.2. The number of nitrogens with one attached hydrogen (secondary N) is 2. The van der Waals surface area contributed by atoms with Gasteiger partial charge in [0.05, 0.1) is 25.1 Å². The molecule has 0 radical (unpaired) electrons. The van der Waals surface area contributed by atoms with Gasteiger partial charge in [-0.1, -0.05) is 61.4 Å². The van der Waals surface area contributed by atoms with Crippen molar-refractivity contribution in [3.8, 4) is 0 Å². The Morgan fingerprint density at radius 2 is 1.80 bits per heavy atom. The fourth-order valence-electron chi connectivity index (χ4n) is 4.89. The van der Waals surface area contributed by atoms with Gasteiger partial charge in [0.2, 0.25) is 11.8 Å². The summed E-state index contributed by atoms with van der Waals surface area (Å²) in [5, 5.41) is 5.48. The van der Waals surface area contributed by atoms with Crippen molar-refractivity contribution in [3.05, 3.63) is 72.2 Å². The van der Waals surface area contributed by atoms with Crippen LogP contribution in [0.1, 0.15) is 64.0 Å². The second-order valence-corrected chi connectivity index (χ2v) is 11.3. The first-order valence-electron chi connectivity index (χ1n) is 14.4. The number of benzene rings is 1. The maximum absolute atomic E-state index is 13.8. The van der Waals surface area contributed by atoms with Gasteiger partial charge in [-0.05, 0) is 50.7 Å². The van der Waals surface area contributed by atoms with Gasteiger partial charge in [-0.15, -0.1) is 0 Å². The van der Waals surface area contributed by atoms with Crippen molar-refractivity contribution in [2.45, 2.75) is 76.6 Å². The van der Waals surface area contributed by atoms with Crippen LogP contribution in [0.4, 0.5) is 5.82 Å². The van der Waals surface area contributed by atoms with Crippen LogP contribution in [0.5, 0.6) is 0 Å². The predicted molar refractivity (Wildman–Crippen MR) is 158 cm³/mol. The van der Waals surface area contributed by atoms with Crippen molar-refractivity contribution in [3.63, 3.8) is 0 Å². The summed E-state index contributed by atoms with van der Waals surface area (Å²) in [6.45, 7) is 4.85. The largest absolute Gasteiger partial charge is 0.374 e. The normalized spacial score (nSPS) is 17.2. The average molecular weight is 563 g/mol. The molecule has 1 aliphatic carbocycles. The van der Waals surface area contributed by atoms with E-state index < -0.39 is 29.4 Å². The van der Waals surface area contributed by atoms with Crippen molar-refractivity contribution in [1.82, 2.24) is 19.8 Å². The lowest BCUT2D eigenvalue weighted by Gasteiger charge is -2.28. The van der Waals surface area contributed by atoms with Crippen LogP contribution in [0, 0.1) is 0 Å². The lowest BCUT2D eigenvalue weighted by molar-refractivity contribution is -0.133. The number of ether oxygens (including phenoxy) is 1. The Balaban J connectivity index is 1.49. The number of hydrogen-bond acceptors (Lipinski definition) is 6. The minimum absolute atomic E-state index is 0.0320. The molecular weight excluding hydrogens is 520 g/mol. The highest BCUT2D eigenvalue weighted by molar-refractivity contribution is 5.98. The summed E-state index contributed by atoms with van der Waals surface area (Å²) in [6.07, 6.45) is 15.5. The van der Waals surface area contributed by atoms with E-state index in [9.17, 15) is 14.4 Å². The number of allylic oxidation sites excluding steroid dienone is 3. The van der Waals surface area contributed by atoms with Crippen LogP contribution in [0.3, 0.4) is 0 Å². The molecular formula is C31H42N6O4. The summed E-state index contributed by atoms with van der Waals surface area (Å²) in [5.41, 5.74) is 6.65. The zero-order chi connectivity index (χ0) is 29.2. The predicted octanol–water partition coefficient (Wildman–Crippen LogP) is 3.48. The van der Waals surface area contributed by atoms with E-state index in [0.717, 1.165) is 62.8 Å². The van der Waals surface area contributed by atoms with E-state index in [1.165, 1.54) is 0 Å². The van der Waals surface area contributed by atoms with Crippen LogP contribution in [0.25, 0.3) is 0 Å². The van der Waals surface area contributed by atoms with Gasteiger partial charge in [0, 0.05) is 19.3 Å². The molecule has 2 unspecified atom stereocenters. The first-order chi connectivity index (χ1) is 19.7. The molecule has 4 rings (SSSR count). The number of aromatic nitrogens is 2. The molecule has 10 nitrogen and oxygen atoms in total. The van der Waals surface area contributed by atoms with Crippen LogP contribution in [-0.4, -0.2) is 63.4 Å². The molecule has 2 aromatic rings. The number of nitrogens with zero attached hydrogens (tertiary/aromatic N) is 3.